The molecule has 2 saturated heterocycles. The number of hydrogen-bond acceptors (Lipinski definition) is 8. The van der Waals surface area contributed by atoms with E-state index < -0.39 is 5.85 Å². The molecule has 10 nitrogen and oxygen atoms in total. The highest BCUT2D eigenvalue weighted by molar-refractivity contribution is 6.36. The summed E-state index contributed by atoms with van der Waals surface area (Å²) in [5.74, 6) is -2.04. The van der Waals surface area contributed by atoms with Crippen molar-refractivity contribution in [3.8, 4) is 0 Å². The van der Waals surface area contributed by atoms with Gasteiger partial charge in [0.1, 0.15) is 0 Å². The molecule has 49 heavy (non-hydrogen) atoms. The van der Waals surface area contributed by atoms with Gasteiger partial charge in [-0.15, -0.1) is 0 Å². The minimum atomic E-state index is -1.30. The summed E-state index contributed by atoms with van der Waals surface area (Å²) in [6.45, 7) is 7.35. The number of amides is 1. The van der Waals surface area contributed by atoms with Crippen molar-refractivity contribution >= 4 is 57.5 Å². The molecule has 0 radical (unpaired) electrons. The number of Topliss-reactive ketones (excluding diaryl/α,β-unsaturated/α-hetero) is 1. The summed E-state index contributed by atoms with van der Waals surface area (Å²) in [6.07, 6.45) is 6.15. The van der Waals surface area contributed by atoms with Crippen LogP contribution in [0.25, 0.3) is 10.9 Å². The zero-order valence-corrected chi connectivity index (χ0v) is 30.0. The van der Waals surface area contributed by atoms with Gasteiger partial charge in [0.25, 0.3) is 5.91 Å². The Morgan fingerprint density at radius 3 is 2.33 bits per heavy atom. The maximum absolute atomic E-state index is 14.8. The molecule has 3 heterocycles. The lowest BCUT2D eigenvalue weighted by atomic mass is 9.87. The number of hydrogen-bond donors (Lipinski definition) is 1. The van der Waals surface area contributed by atoms with Crippen molar-refractivity contribution in [2.45, 2.75) is 76.9 Å². The van der Waals surface area contributed by atoms with Crippen molar-refractivity contribution in [3.05, 3.63) is 63.8 Å². The number of carbonyl (C=O) groups excluding carboxylic acids is 3. The Labute approximate surface area is 297 Å². The Balaban J connectivity index is 1.24. The molecule has 2 aliphatic heterocycles. The number of para-hydroxylation sites is 1. The predicted molar refractivity (Wildman–Crippen MR) is 190 cm³/mol. The van der Waals surface area contributed by atoms with Gasteiger partial charge in [-0.05, 0) is 76.1 Å². The minimum absolute atomic E-state index is 0.0133. The second-order valence-corrected chi connectivity index (χ2v) is 14.1. The number of likely N-dealkylation sites (tertiary alicyclic amines) is 2. The Kier molecular flexibility index (Phi) is 11.3. The number of esters is 1. The van der Waals surface area contributed by atoms with Crippen LogP contribution in [0.15, 0.2) is 42.6 Å². The molecule has 1 amide bonds. The summed E-state index contributed by atoms with van der Waals surface area (Å²) < 4.78 is 20.1. The van der Waals surface area contributed by atoms with E-state index >= 15 is 0 Å². The smallest absolute Gasteiger partial charge is 0.308 e. The third-order valence-corrected chi connectivity index (χ3v) is 10.7. The average molecular weight is 714 g/mol. The maximum atomic E-state index is 14.8. The van der Waals surface area contributed by atoms with Crippen LogP contribution in [-0.2, 0) is 37.3 Å². The van der Waals surface area contributed by atoms with Gasteiger partial charge in [0, 0.05) is 68.4 Å². The molecule has 6 rings (SSSR count). The monoisotopic (exact) mass is 712 g/mol. The maximum Gasteiger partial charge on any atom is 0.308 e. The van der Waals surface area contributed by atoms with E-state index in [2.05, 4.69) is 15.1 Å². The lowest BCUT2D eigenvalue weighted by Crippen LogP contribution is -2.74. The number of benzene rings is 2. The van der Waals surface area contributed by atoms with E-state index in [4.69, 9.17) is 37.4 Å². The molecule has 0 bridgehead atoms. The van der Waals surface area contributed by atoms with E-state index in [-0.39, 0.29) is 47.2 Å². The van der Waals surface area contributed by atoms with Gasteiger partial charge in [0.15, 0.2) is 5.78 Å². The van der Waals surface area contributed by atoms with Gasteiger partial charge in [0.2, 0.25) is 5.85 Å². The van der Waals surface area contributed by atoms with Gasteiger partial charge < -0.3 is 24.1 Å². The molecule has 0 spiro atoms. The molecule has 2 aromatic carbocycles. The summed E-state index contributed by atoms with van der Waals surface area (Å²) in [5, 5.41) is 4.35. The highest BCUT2D eigenvalue weighted by atomic mass is 35.5. The van der Waals surface area contributed by atoms with Gasteiger partial charge in [-0.2, -0.15) is 0 Å². The van der Waals surface area contributed by atoms with E-state index in [0.717, 1.165) is 36.8 Å². The molecule has 1 N–H and O–H groups in total. The van der Waals surface area contributed by atoms with E-state index in [1.165, 1.54) is 0 Å². The average Bonchev–Trinajstić information content (AvgIpc) is 3.73. The van der Waals surface area contributed by atoms with Crippen molar-refractivity contribution < 1.29 is 28.6 Å². The van der Waals surface area contributed by atoms with Gasteiger partial charge >= 0.3 is 5.97 Å². The largest absolute Gasteiger partial charge is 0.466 e. The Morgan fingerprint density at radius 1 is 0.918 bits per heavy atom. The number of fused-ring (bicyclic) bond motifs is 1. The van der Waals surface area contributed by atoms with Crippen molar-refractivity contribution in [1.82, 2.24) is 14.4 Å². The first-order valence-corrected chi connectivity index (χ1v) is 18.2. The molecule has 1 aromatic heterocycles. The molecular formula is C37H46Cl2N4O6. The molecule has 1 atom stereocenters. The number of nitrogens with zero attached hydrogens (tertiary/aromatic N) is 3. The number of nitrogens with one attached hydrogen (secondary N) is 1. The van der Waals surface area contributed by atoms with Gasteiger partial charge in [-0.25, -0.2) is 0 Å². The minimum Gasteiger partial charge on any atom is -0.466 e. The zero-order chi connectivity index (χ0) is 34.7. The number of halogens is 2. The van der Waals surface area contributed by atoms with E-state index in [1.54, 1.807) is 18.3 Å². The van der Waals surface area contributed by atoms with E-state index in [0.29, 0.717) is 73.8 Å². The van der Waals surface area contributed by atoms with E-state index in [9.17, 15) is 14.4 Å². The molecule has 1 aliphatic carbocycles. The van der Waals surface area contributed by atoms with Crippen molar-refractivity contribution in [1.29, 1.82) is 0 Å². The van der Waals surface area contributed by atoms with Crippen LogP contribution in [-0.4, -0.2) is 89.5 Å². The molecule has 1 saturated carbocycles. The second-order valence-electron chi connectivity index (χ2n) is 13.3. The molecular weight excluding hydrogens is 667 g/mol. The van der Waals surface area contributed by atoms with Gasteiger partial charge in [-0.1, -0.05) is 41.4 Å². The highest BCUT2D eigenvalue weighted by Crippen LogP contribution is 2.39. The van der Waals surface area contributed by atoms with Crippen LogP contribution in [0.4, 0.5) is 5.69 Å². The Hall–Kier alpha value is -2.99. The summed E-state index contributed by atoms with van der Waals surface area (Å²) in [4.78, 5) is 44.9. The third kappa shape index (κ3) is 7.41. The highest BCUT2D eigenvalue weighted by Gasteiger charge is 2.56. The molecule has 12 heteroatoms. The number of anilines is 1. The first-order chi connectivity index (χ1) is 23.6. The Bertz CT molecular complexity index is 1680. The van der Waals surface area contributed by atoms with Crippen molar-refractivity contribution in [2.24, 2.45) is 13.0 Å². The number of carbonyl (C=O) groups is 3. The second kappa shape index (κ2) is 15.5. The number of ether oxygens (including phenoxy) is 3. The lowest BCUT2D eigenvalue weighted by Gasteiger charge is -2.55. The summed E-state index contributed by atoms with van der Waals surface area (Å²) in [7, 11) is 1.90. The van der Waals surface area contributed by atoms with Gasteiger partial charge in [-0.3, -0.25) is 24.2 Å². The molecule has 1 unspecified atom stereocenters. The fourth-order valence-corrected chi connectivity index (χ4v) is 8.01. The van der Waals surface area contributed by atoms with Crippen LogP contribution in [0.5, 0.6) is 0 Å². The van der Waals surface area contributed by atoms with Crippen LogP contribution >= 0.6 is 23.2 Å². The summed E-state index contributed by atoms with van der Waals surface area (Å²) in [6, 6.07) is 11.0. The van der Waals surface area contributed by atoms with Crippen molar-refractivity contribution in [3.63, 3.8) is 0 Å². The van der Waals surface area contributed by atoms with E-state index in [1.807, 2.05) is 49.7 Å². The lowest BCUT2D eigenvalue weighted by molar-refractivity contribution is -0.283. The summed E-state index contributed by atoms with van der Waals surface area (Å²) >= 11 is 13.6. The fraction of sp³-hybridized carbons (Fsp3) is 0.541. The van der Waals surface area contributed by atoms with Crippen LogP contribution in [0, 0.1) is 5.92 Å². The van der Waals surface area contributed by atoms with Gasteiger partial charge in [0.05, 0.1) is 41.0 Å². The topological polar surface area (TPSA) is 102 Å². The summed E-state index contributed by atoms with van der Waals surface area (Å²) in [5.41, 5.74) is 2.38. The fourth-order valence-electron chi connectivity index (χ4n) is 7.54. The normalized spacial score (nSPS) is 21.7. The van der Waals surface area contributed by atoms with Crippen LogP contribution in [0.1, 0.15) is 68.3 Å². The van der Waals surface area contributed by atoms with Crippen LogP contribution in [0.2, 0.25) is 10.0 Å². The van der Waals surface area contributed by atoms with Crippen LogP contribution in [0.3, 0.4) is 0 Å². The van der Waals surface area contributed by atoms with Crippen LogP contribution < -0.4 is 5.32 Å². The zero-order valence-electron chi connectivity index (χ0n) is 28.5. The standard InChI is InChI=1S/C37H46Cl2N4O6/c1-4-47-27-21-43(22-27)37(42-16-8-9-17-42,49-26-14-12-24(13-15-26)36(46)48-5-2)34(44)19-25-18-31(39)32(20-30(25)38)40-35(45)29-23-41(3)33-11-7-6-10-28(29)33/h6-7,10-11,18,20,23-24,26-27H,4-5,8-9,12-17,19,21-22H2,1-3H3,(H,40,45)/t24-,26-,37?. The van der Waals surface area contributed by atoms with Crippen molar-refractivity contribution in [2.75, 3.05) is 44.7 Å². The molecule has 3 aliphatic rings. The molecule has 3 fully saturated rings. The predicted octanol–water partition coefficient (Wildman–Crippen LogP) is 6.46. The SMILES string of the molecule is CCOC(=O)[C@H]1CC[C@H](OC(C(=O)Cc2cc(Cl)c(NC(=O)c3cn(C)c4ccccc34)cc2Cl)(N2CCCC2)N2CC(OCC)C2)CC1. The number of aryl methyl sites for hydroxylation is 1. The quantitative estimate of drug-likeness (QED) is 0.202. The third-order valence-electron chi connectivity index (χ3n) is 10.1. The first kappa shape index (κ1) is 35.8. The first-order valence-electron chi connectivity index (χ1n) is 17.5. The number of rotatable bonds is 13. The molecule has 3 aromatic rings. The number of aromatic nitrogens is 1. The Morgan fingerprint density at radius 2 is 1.63 bits per heavy atom. The number of ketones is 1. The molecule has 264 valence electrons.